The van der Waals surface area contributed by atoms with Crippen molar-refractivity contribution in [2.24, 2.45) is 5.92 Å². The first-order valence-electron chi connectivity index (χ1n) is 5.88. The third-order valence-electron chi connectivity index (χ3n) is 2.97. The van der Waals surface area contributed by atoms with Crippen molar-refractivity contribution >= 4 is 0 Å². The molecule has 1 aliphatic rings. The lowest BCUT2D eigenvalue weighted by atomic mass is 9.99. The van der Waals surface area contributed by atoms with Crippen LogP contribution in [0.25, 0.3) is 0 Å². The number of benzene rings is 1. The first-order valence-corrected chi connectivity index (χ1v) is 5.88. The second-order valence-corrected chi connectivity index (χ2v) is 4.35. The zero-order valence-corrected chi connectivity index (χ0v) is 9.64. The SMILES string of the molecule is OCC1CCC(COc2ccc(F)cc2)CO1. The van der Waals surface area contributed by atoms with Gasteiger partial charge in [-0.1, -0.05) is 0 Å². The van der Waals surface area contributed by atoms with Gasteiger partial charge in [0.2, 0.25) is 0 Å². The Balaban J connectivity index is 1.74. The highest BCUT2D eigenvalue weighted by Crippen LogP contribution is 2.20. The van der Waals surface area contributed by atoms with Gasteiger partial charge in [0.25, 0.3) is 0 Å². The molecule has 1 fully saturated rings. The zero-order valence-electron chi connectivity index (χ0n) is 9.64. The molecule has 0 spiro atoms. The monoisotopic (exact) mass is 240 g/mol. The summed E-state index contributed by atoms with van der Waals surface area (Å²) in [6, 6.07) is 6.01. The fraction of sp³-hybridized carbons (Fsp3) is 0.538. The minimum atomic E-state index is -0.260. The van der Waals surface area contributed by atoms with E-state index in [-0.39, 0.29) is 18.5 Å². The Hall–Kier alpha value is -1.13. The minimum absolute atomic E-state index is 0.0166. The maximum absolute atomic E-state index is 12.7. The summed E-state index contributed by atoms with van der Waals surface area (Å²) in [6.45, 7) is 1.28. The molecule has 2 rings (SSSR count). The van der Waals surface area contributed by atoms with Gasteiger partial charge >= 0.3 is 0 Å². The molecular weight excluding hydrogens is 223 g/mol. The Kier molecular flexibility index (Phi) is 4.34. The molecule has 1 saturated heterocycles. The second-order valence-electron chi connectivity index (χ2n) is 4.35. The van der Waals surface area contributed by atoms with Gasteiger partial charge in [-0.3, -0.25) is 0 Å². The van der Waals surface area contributed by atoms with Crippen molar-refractivity contribution in [1.82, 2.24) is 0 Å². The van der Waals surface area contributed by atoms with Crippen LogP contribution in [0.1, 0.15) is 12.8 Å². The Bertz CT molecular complexity index is 331. The summed E-state index contributed by atoms with van der Waals surface area (Å²) >= 11 is 0. The summed E-state index contributed by atoms with van der Waals surface area (Å²) in [5, 5.41) is 8.92. The highest BCUT2D eigenvalue weighted by molar-refractivity contribution is 5.22. The minimum Gasteiger partial charge on any atom is -0.493 e. The van der Waals surface area contributed by atoms with Crippen LogP contribution in [-0.4, -0.2) is 31.0 Å². The zero-order chi connectivity index (χ0) is 12.1. The van der Waals surface area contributed by atoms with Gasteiger partial charge in [0.15, 0.2) is 0 Å². The predicted molar refractivity (Wildman–Crippen MR) is 61.4 cm³/mol. The van der Waals surface area contributed by atoms with E-state index in [1.54, 1.807) is 12.1 Å². The van der Waals surface area contributed by atoms with E-state index in [4.69, 9.17) is 14.6 Å². The van der Waals surface area contributed by atoms with E-state index in [1.165, 1.54) is 12.1 Å². The van der Waals surface area contributed by atoms with Crippen LogP contribution in [-0.2, 0) is 4.74 Å². The third-order valence-corrected chi connectivity index (χ3v) is 2.97. The van der Waals surface area contributed by atoms with Crippen molar-refractivity contribution in [2.45, 2.75) is 18.9 Å². The molecule has 4 heteroatoms. The Morgan fingerprint density at radius 3 is 2.65 bits per heavy atom. The highest BCUT2D eigenvalue weighted by atomic mass is 19.1. The lowest BCUT2D eigenvalue weighted by molar-refractivity contribution is -0.0508. The molecule has 1 heterocycles. The highest BCUT2D eigenvalue weighted by Gasteiger charge is 2.21. The van der Waals surface area contributed by atoms with Crippen molar-refractivity contribution in [3.05, 3.63) is 30.1 Å². The summed E-state index contributed by atoms with van der Waals surface area (Å²) in [5.41, 5.74) is 0. The van der Waals surface area contributed by atoms with Gasteiger partial charge in [0.05, 0.1) is 25.9 Å². The van der Waals surface area contributed by atoms with Crippen molar-refractivity contribution < 1.29 is 19.0 Å². The van der Waals surface area contributed by atoms with Crippen molar-refractivity contribution in [3.63, 3.8) is 0 Å². The van der Waals surface area contributed by atoms with Crippen LogP contribution in [0.3, 0.4) is 0 Å². The van der Waals surface area contributed by atoms with E-state index in [1.807, 2.05) is 0 Å². The van der Waals surface area contributed by atoms with E-state index >= 15 is 0 Å². The molecule has 0 aromatic heterocycles. The van der Waals surface area contributed by atoms with E-state index in [2.05, 4.69) is 0 Å². The van der Waals surface area contributed by atoms with Gasteiger partial charge in [-0.2, -0.15) is 0 Å². The summed E-state index contributed by atoms with van der Waals surface area (Å²) < 4.78 is 23.7. The van der Waals surface area contributed by atoms with Crippen LogP contribution >= 0.6 is 0 Å². The van der Waals surface area contributed by atoms with E-state index in [0.29, 0.717) is 24.9 Å². The normalized spacial score (nSPS) is 24.6. The number of ether oxygens (including phenoxy) is 2. The Morgan fingerprint density at radius 1 is 1.29 bits per heavy atom. The molecule has 1 N–H and O–H groups in total. The quantitative estimate of drug-likeness (QED) is 0.874. The molecule has 1 aromatic rings. The summed E-state index contributed by atoms with van der Waals surface area (Å²) in [5.74, 6) is 0.766. The van der Waals surface area contributed by atoms with Gasteiger partial charge < -0.3 is 14.6 Å². The van der Waals surface area contributed by atoms with Crippen LogP contribution in [0.15, 0.2) is 24.3 Å². The average molecular weight is 240 g/mol. The molecule has 2 atom stereocenters. The molecule has 0 amide bonds. The Morgan fingerprint density at radius 2 is 2.06 bits per heavy atom. The summed E-state index contributed by atoms with van der Waals surface area (Å²) in [6.07, 6.45) is 1.84. The topological polar surface area (TPSA) is 38.7 Å². The van der Waals surface area contributed by atoms with Crippen LogP contribution in [0.5, 0.6) is 5.75 Å². The van der Waals surface area contributed by atoms with Gasteiger partial charge in [-0.15, -0.1) is 0 Å². The van der Waals surface area contributed by atoms with Crippen LogP contribution in [0, 0.1) is 11.7 Å². The van der Waals surface area contributed by atoms with E-state index in [9.17, 15) is 4.39 Å². The van der Waals surface area contributed by atoms with Crippen molar-refractivity contribution in [3.8, 4) is 5.75 Å². The number of aliphatic hydroxyl groups excluding tert-OH is 1. The molecule has 94 valence electrons. The van der Waals surface area contributed by atoms with E-state index < -0.39 is 0 Å². The molecule has 3 nitrogen and oxygen atoms in total. The smallest absolute Gasteiger partial charge is 0.123 e. The molecule has 0 bridgehead atoms. The van der Waals surface area contributed by atoms with Crippen LogP contribution in [0.2, 0.25) is 0 Å². The second kappa shape index (κ2) is 5.98. The lowest BCUT2D eigenvalue weighted by Crippen LogP contribution is -2.31. The largest absolute Gasteiger partial charge is 0.493 e. The van der Waals surface area contributed by atoms with Gasteiger partial charge in [-0.25, -0.2) is 4.39 Å². The average Bonchev–Trinajstić information content (AvgIpc) is 2.39. The van der Waals surface area contributed by atoms with Crippen LogP contribution in [0.4, 0.5) is 4.39 Å². The number of rotatable bonds is 4. The summed E-state index contributed by atoms with van der Waals surface area (Å²) in [4.78, 5) is 0. The first-order chi connectivity index (χ1) is 8.28. The molecule has 0 aliphatic carbocycles. The molecule has 0 saturated carbocycles. The molecular formula is C13H17FO3. The number of hydrogen-bond acceptors (Lipinski definition) is 3. The standard InChI is InChI=1S/C13H17FO3/c14-11-2-5-12(6-3-11)16-8-10-1-4-13(7-15)17-9-10/h2-3,5-6,10,13,15H,1,4,7-9H2. The molecule has 0 radical (unpaired) electrons. The molecule has 1 aliphatic heterocycles. The number of hydrogen-bond donors (Lipinski definition) is 1. The third kappa shape index (κ3) is 3.68. The van der Waals surface area contributed by atoms with Crippen LogP contribution < -0.4 is 4.74 Å². The van der Waals surface area contributed by atoms with Crippen molar-refractivity contribution in [1.29, 1.82) is 0 Å². The van der Waals surface area contributed by atoms with Gasteiger partial charge in [-0.05, 0) is 37.1 Å². The first kappa shape index (κ1) is 12.3. The maximum atomic E-state index is 12.7. The lowest BCUT2D eigenvalue weighted by Gasteiger charge is -2.27. The van der Waals surface area contributed by atoms with Gasteiger partial charge in [0, 0.05) is 5.92 Å². The van der Waals surface area contributed by atoms with Gasteiger partial charge in [0.1, 0.15) is 11.6 Å². The van der Waals surface area contributed by atoms with E-state index in [0.717, 1.165) is 12.8 Å². The number of aliphatic hydroxyl groups is 1. The Labute approximate surface area is 100 Å². The predicted octanol–water partition coefficient (Wildman–Crippen LogP) is 1.99. The maximum Gasteiger partial charge on any atom is 0.123 e. The molecule has 1 aromatic carbocycles. The summed E-state index contributed by atoms with van der Waals surface area (Å²) in [7, 11) is 0. The molecule has 2 unspecified atom stereocenters. The number of halogens is 1. The fourth-order valence-electron chi connectivity index (χ4n) is 1.88. The fourth-order valence-corrected chi connectivity index (χ4v) is 1.88. The molecule has 17 heavy (non-hydrogen) atoms. The van der Waals surface area contributed by atoms with Crippen molar-refractivity contribution in [2.75, 3.05) is 19.8 Å².